The number of ether oxygens (including phenoxy) is 5. The average molecular weight is 845 g/mol. The Kier molecular flexibility index (Phi) is 11.7. The summed E-state index contributed by atoms with van der Waals surface area (Å²) in [5.74, 6) is 0.606. The summed E-state index contributed by atoms with van der Waals surface area (Å²) in [5.41, 5.74) is 3.86. The highest BCUT2D eigenvalue weighted by atomic mass is 35.5. The molecule has 8 rings (SSSR count). The number of carbonyl (C=O) groups is 2. The largest absolute Gasteiger partial charge is 0.465 e. The molecule has 0 unspecified atom stereocenters. The van der Waals surface area contributed by atoms with Crippen molar-refractivity contribution in [3.8, 4) is 11.5 Å². The molecule has 2 atom stereocenters. The maximum Gasteiger partial charge on any atom is 0.422 e. The molecular formula is C42H45ClN6O9S. The molecule has 1 N–H and O–H groups in total. The highest BCUT2D eigenvalue weighted by molar-refractivity contribution is 7.91. The Morgan fingerprint density at radius 1 is 1.00 bits per heavy atom. The fourth-order valence-electron chi connectivity index (χ4n) is 7.65. The molecular weight excluding hydrogens is 800 g/mol. The predicted octanol–water partition coefficient (Wildman–Crippen LogP) is 6.44. The van der Waals surface area contributed by atoms with Gasteiger partial charge in [-0.2, -0.15) is 8.42 Å². The normalized spacial score (nSPS) is 19.3. The summed E-state index contributed by atoms with van der Waals surface area (Å²) in [6, 6.07) is 23.4. The summed E-state index contributed by atoms with van der Waals surface area (Å²) in [4.78, 5) is 37.3. The van der Waals surface area contributed by atoms with Crippen molar-refractivity contribution in [1.29, 1.82) is 0 Å². The number of pyridine rings is 1. The first kappa shape index (κ1) is 40.4. The third-order valence-corrected chi connectivity index (χ3v) is 12.3. The number of piperidine rings is 1. The van der Waals surface area contributed by atoms with Crippen LogP contribution in [0.25, 0.3) is 11.0 Å². The molecule has 310 valence electrons. The molecule has 0 radical (unpaired) electrons. The van der Waals surface area contributed by atoms with E-state index in [9.17, 15) is 18.0 Å². The second kappa shape index (κ2) is 17.0. The van der Waals surface area contributed by atoms with Gasteiger partial charge in [0.05, 0.1) is 47.5 Å². The lowest BCUT2D eigenvalue weighted by atomic mass is 9.88. The van der Waals surface area contributed by atoms with Gasteiger partial charge in [0, 0.05) is 25.3 Å². The van der Waals surface area contributed by atoms with Crippen molar-refractivity contribution in [2.45, 2.75) is 70.6 Å². The van der Waals surface area contributed by atoms with Gasteiger partial charge in [0.25, 0.3) is 5.79 Å². The smallest absolute Gasteiger partial charge is 0.422 e. The van der Waals surface area contributed by atoms with E-state index in [1.54, 1.807) is 61.7 Å². The number of halogens is 1. The Morgan fingerprint density at radius 2 is 1.80 bits per heavy atom. The highest BCUT2D eigenvalue weighted by Gasteiger charge is 2.42. The molecule has 2 saturated heterocycles. The molecule has 2 fully saturated rings. The van der Waals surface area contributed by atoms with Gasteiger partial charge in [-0.3, -0.25) is 14.7 Å². The number of anilines is 1. The van der Waals surface area contributed by atoms with E-state index in [0.717, 1.165) is 53.8 Å². The van der Waals surface area contributed by atoms with Crippen molar-refractivity contribution in [2.24, 2.45) is 0 Å². The summed E-state index contributed by atoms with van der Waals surface area (Å²) in [5, 5.41) is 0.536. The molecule has 59 heavy (non-hydrogen) atoms. The molecule has 5 heterocycles. The van der Waals surface area contributed by atoms with Crippen molar-refractivity contribution in [1.82, 2.24) is 24.2 Å². The van der Waals surface area contributed by atoms with Gasteiger partial charge in [0.15, 0.2) is 11.5 Å². The number of likely N-dealkylation sites (tertiary alicyclic amines) is 1. The van der Waals surface area contributed by atoms with Crippen LogP contribution in [0.2, 0.25) is 5.02 Å². The maximum absolute atomic E-state index is 13.7. The van der Waals surface area contributed by atoms with E-state index in [-0.39, 0.29) is 30.9 Å². The first-order chi connectivity index (χ1) is 28.5. The number of amides is 1. The number of esters is 1. The number of imidazole rings is 1. The zero-order valence-electron chi connectivity index (χ0n) is 32.7. The van der Waals surface area contributed by atoms with Crippen molar-refractivity contribution in [3.05, 3.63) is 113 Å². The van der Waals surface area contributed by atoms with Crippen molar-refractivity contribution in [3.63, 3.8) is 0 Å². The molecule has 1 amide bonds. The maximum atomic E-state index is 13.7. The van der Waals surface area contributed by atoms with E-state index in [1.165, 1.54) is 0 Å². The summed E-state index contributed by atoms with van der Waals surface area (Å²) in [7, 11) is -4.64. The minimum atomic E-state index is -4.64. The SMILES string of the molecule is CCOC(=O)CN(c1ccc2nc(CN3CCC(c4cccc5c4O[C@@](C)(c4ccc(Cl)cn4)O5)CC3)n(C[C@@H]3CCO3)c2c1)S(=O)(=O)NC(=O)OCc1ccccc1. The van der Waals surface area contributed by atoms with Crippen LogP contribution in [0, 0.1) is 0 Å². The minimum absolute atomic E-state index is 0.0305. The van der Waals surface area contributed by atoms with Crippen LogP contribution in [-0.4, -0.2) is 78.9 Å². The topological polar surface area (TPSA) is 164 Å². The monoisotopic (exact) mass is 844 g/mol. The molecule has 5 aromatic rings. The average Bonchev–Trinajstić information content (AvgIpc) is 3.74. The van der Waals surface area contributed by atoms with Gasteiger partial charge in [-0.15, -0.1) is 0 Å². The number of nitrogens with one attached hydrogen (secondary N) is 1. The van der Waals surface area contributed by atoms with Gasteiger partial charge in [0.1, 0.15) is 24.7 Å². The van der Waals surface area contributed by atoms with E-state index in [4.69, 9.17) is 40.3 Å². The number of nitrogens with zero attached hydrogens (tertiary/aromatic N) is 5. The lowest BCUT2D eigenvalue weighted by Gasteiger charge is -2.33. The Bertz CT molecular complexity index is 2420. The number of fused-ring (bicyclic) bond motifs is 2. The van der Waals surface area contributed by atoms with Crippen LogP contribution in [0.15, 0.2) is 85.1 Å². The first-order valence-electron chi connectivity index (χ1n) is 19.6. The highest BCUT2D eigenvalue weighted by Crippen LogP contribution is 2.49. The number of hydrogen-bond acceptors (Lipinski definition) is 12. The molecule has 0 spiro atoms. The van der Waals surface area contributed by atoms with Crippen molar-refractivity contribution < 1.29 is 41.7 Å². The van der Waals surface area contributed by atoms with Gasteiger partial charge < -0.3 is 28.3 Å². The lowest BCUT2D eigenvalue weighted by molar-refractivity contribution is -0.141. The fourth-order valence-corrected chi connectivity index (χ4v) is 8.80. The number of para-hydroxylation sites is 1. The molecule has 3 aromatic carbocycles. The molecule has 0 bridgehead atoms. The Morgan fingerprint density at radius 3 is 2.51 bits per heavy atom. The van der Waals surface area contributed by atoms with Gasteiger partial charge in [-0.1, -0.05) is 54.1 Å². The van der Waals surface area contributed by atoms with Crippen LogP contribution in [-0.2, 0) is 54.7 Å². The zero-order chi connectivity index (χ0) is 41.1. The second-order valence-electron chi connectivity index (χ2n) is 14.8. The van der Waals surface area contributed by atoms with Crippen LogP contribution in [0.3, 0.4) is 0 Å². The van der Waals surface area contributed by atoms with E-state index in [1.807, 2.05) is 35.9 Å². The fraction of sp³-hybridized carbons (Fsp3) is 0.381. The predicted molar refractivity (Wildman–Crippen MR) is 218 cm³/mol. The number of rotatable bonds is 14. The van der Waals surface area contributed by atoms with E-state index >= 15 is 0 Å². The Hall–Kier alpha value is -5.42. The molecule has 17 heteroatoms. The Labute approximate surface area is 347 Å². The molecule has 15 nitrogen and oxygen atoms in total. The molecule has 3 aliphatic heterocycles. The quantitative estimate of drug-likeness (QED) is 0.122. The van der Waals surface area contributed by atoms with Crippen LogP contribution in [0.5, 0.6) is 11.5 Å². The summed E-state index contributed by atoms with van der Waals surface area (Å²) in [6.07, 6.45) is 3.01. The van der Waals surface area contributed by atoms with Crippen LogP contribution in [0.4, 0.5) is 10.5 Å². The van der Waals surface area contributed by atoms with Crippen LogP contribution in [0.1, 0.15) is 61.7 Å². The van der Waals surface area contributed by atoms with E-state index < -0.39 is 34.6 Å². The van der Waals surface area contributed by atoms with E-state index in [0.29, 0.717) is 52.8 Å². The van der Waals surface area contributed by atoms with Gasteiger partial charge >= 0.3 is 22.3 Å². The number of benzene rings is 3. The summed E-state index contributed by atoms with van der Waals surface area (Å²) < 4.78 is 61.3. The third kappa shape index (κ3) is 8.95. The summed E-state index contributed by atoms with van der Waals surface area (Å²) in [6.45, 7) is 6.04. The number of carbonyl (C=O) groups excluding carboxylic acids is 2. The number of hydrogen-bond donors (Lipinski definition) is 1. The van der Waals surface area contributed by atoms with Crippen molar-refractivity contribution >= 4 is 50.6 Å². The first-order valence-corrected chi connectivity index (χ1v) is 21.4. The lowest BCUT2D eigenvalue weighted by Crippen LogP contribution is -2.46. The molecule has 3 aliphatic rings. The van der Waals surface area contributed by atoms with Crippen LogP contribution >= 0.6 is 11.6 Å². The van der Waals surface area contributed by atoms with E-state index in [2.05, 4.69) is 20.5 Å². The number of aromatic nitrogens is 3. The minimum Gasteiger partial charge on any atom is -0.465 e. The molecule has 0 saturated carbocycles. The second-order valence-corrected chi connectivity index (χ2v) is 16.8. The third-order valence-electron chi connectivity index (χ3n) is 10.8. The van der Waals surface area contributed by atoms with Gasteiger partial charge in [0.2, 0.25) is 0 Å². The standard InChI is InChI=1S/C42H45ClN6O9S/c1-3-54-39(50)26-49(59(52,53)46-41(51)56-27-28-8-5-4-6-9-28)31-13-14-34-35(22-31)48(24-32-18-21-55-32)38(45-34)25-47-19-16-29(17-20-47)33-10-7-11-36-40(33)58-42(2,57-36)37-15-12-30(43)23-44-37/h4-15,22-23,29,32H,3,16-21,24-27H2,1-2H3,(H,46,51)/t32-,42-/m0/s1. The zero-order valence-corrected chi connectivity index (χ0v) is 34.3. The Balaban J connectivity index is 0.999. The van der Waals surface area contributed by atoms with Gasteiger partial charge in [-0.25, -0.2) is 18.8 Å². The van der Waals surface area contributed by atoms with Crippen LogP contribution < -0.4 is 18.5 Å². The van der Waals surface area contributed by atoms with Gasteiger partial charge in [-0.05, 0) is 87.2 Å². The summed E-state index contributed by atoms with van der Waals surface area (Å²) >= 11 is 6.09. The molecule has 2 aromatic heterocycles. The van der Waals surface area contributed by atoms with Crippen molar-refractivity contribution in [2.75, 3.05) is 37.2 Å². The molecule has 0 aliphatic carbocycles.